The third kappa shape index (κ3) is 1.68. The molecule has 3 rings (SSSR count). The first-order valence-electron chi connectivity index (χ1n) is 5.44. The minimum atomic E-state index is 0.799. The number of aromatic nitrogens is 1. The fourth-order valence-electron chi connectivity index (χ4n) is 2.05. The highest BCUT2D eigenvalue weighted by Crippen LogP contribution is 2.33. The lowest BCUT2D eigenvalue weighted by atomic mass is 10.0. The highest BCUT2D eigenvalue weighted by Gasteiger charge is 2.09. The van der Waals surface area contributed by atoms with Gasteiger partial charge in [-0.25, -0.2) is 4.98 Å². The highest BCUT2D eigenvalue weighted by molar-refractivity contribution is 7.16. The van der Waals surface area contributed by atoms with Gasteiger partial charge in [0.25, 0.3) is 0 Å². The van der Waals surface area contributed by atoms with Crippen LogP contribution in [-0.2, 0) is 0 Å². The molecule has 0 bridgehead atoms. The summed E-state index contributed by atoms with van der Waals surface area (Å²) in [4.78, 5) is 4.44. The van der Waals surface area contributed by atoms with Gasteiger partial charge in [0.05, 0.1) is 15.7 Å². The molecule has 17 heavy (non-hydrogen) atoms. The molecule has 0 unspecified atom stereocenters. The zero-order valence-corrected chi connectivity index (χ0v) is 10.3. The monoisotopic (exact) mass is 240 g/mol. The van der Waals surface area contributed by atoms with E-state index in [4.69, 9.17) is 5.73 Å². The molecule has 0 saturated heterocycles. The summed E-state index contributed by atoms with van der Waals surface area (Å²) in [5.41, 5.74) is 13.2. The Balaban J connectivity index is 2.37. The summed E-state index contributed by atoms with van der Waals surface area (Å²) >= 11 is 1.66. The van der Waals surface area contributed by atoms with E-state index >= 15 is 0 Å². The van der Waals surface area contributed by atoms with Crippen LogP contribution in [0.2, 0.25) is 0 Å². The topological polar surface area (TPSA) is 38.9 Å². The Hall–Kier alpha value is -1.87. The van der Waals surface area contributed by atoms with Gasteiger partial charge in [0.15, 0.2) is 0 Å². The molecular formula is C14H12N2S. The molecule has 3 heteroatoms. The molecule has 3 aromatic rings. The molecule has 0 aliphatic heterocycles. The van der Waals surface area contributed by atoms with Crippen molar-refractivity contribution in [2.24, 2.45) is 0 Å². The Morgan fingerprint density at radius 3 is 2.76 bits per heavy atom. The van der Waals surface area contributed by atoms with Gasteiger partial charge in [0, 0.05) is 16.8 Å². The summed E-state index contributed by atoms with van der Waals surface area (Å²) in [6.07, 6.45) is 0. The van der Waals surface area contributed by atoms with Crippen molar-refractivity contribution in [3.8, 4) is 11.1 Å². The van der Waals surface area contributed by atoms with E-state index in [2.05, 4.69) is 24.0 Å². The summed E-state index contributed by atoms with van der Waals surface area (Å²) in [6.45, 7) is 2.10. The van der Waals surface area contributed by atoms with Crippen LogP contribution in [0.15, 0.2) is 41.9 Å². The molecular weight excluding hydrogens is 228 g/mol. The van der Waals surface area contributed by atoms with Gasteiger partial charge in [0.1, 0.15) is 0 Å². The molecule has 0 atom stereocenters. The number of nitrogens with two attached hydrogens (primary N) is 1. The second-order valence-electron chi connectivity index (χ2n) is 4.10. The lowest BCUT2D eigenvalue weighted by molar-refractivity contribution is 1.46. The minimum Gasteiger partial charge on any atom is -0.398 e. The van der Waals surface area contributed by atoms with Gasteiger partial charge in [-0.05, 0) is 30.7 Å². The first-order chi connectivity index (χ1) is 8.25. The number of nitrogen functional groups attached to an aromatic ring is 1. The van der Waals surface area contributed by atoms with Crippen molar-refractivity contribution in [3.63, 3.8) is 0 Å². The molecule has 0 aliphatic rings. The van der Waals surface area contributed by atoms with Crippen LogP contribution in [-0.4, -0.2) is 4.98 Å². The van der Waals surface area contributed by atoms with Crippen LogP contribution in [0.25, 0.3) is 21.3 Å². The predicted octanol–water partition coefficient (Wildman–Crippen LogP) is 3.85. The van der Waals surface area contributed by atoms with Crippen LogP contribution in [0.3, 0.4) is 0 Å². The summed E-state index contributed by atoms with van der Waals surface area (Å²) in [5, 5.41) is 0. The minimum absolute atomic E-state index is 0.799. The van der Waals surface area contributed by atoms with E-state index < -0.39 is 0 Å². The molecule has 2 nitrogen and oxygen atoms in total. The Bertz CT molecular complexity index is 686. The van der Waals surface area contributed by atoms with E-state index in [0.717, 1.165) is 22.3 Å². The van der Waals surface area contributed by atoms with Crippen molar-refractivity contribution < 1.29 is 0 Å². The Morgan fingerprint density at radius 2 is 1.94 bits per heavy atom. The molecule has 0 amide bonds. The fraction of sp³-hybridized carbons (Fsp3) is 0.0714. The first-order valence-corrected chi connectivity index (χ1v) is 6.32. The average Bonchev–Trinajstić information content (AvgIpc) is 2.76. The molecule has 1 heterocycles. The normalized spacial score (nSPS) is 10.9. The van der Waals surface area contributed by atoms with Crippen LogP contribution in [0, 0.1) is 6.92 Å². The van der Waals surface area contributed by atoms with Crippen molar-refractivity contribution in [2.45, 2.75) is 6.92 Å². The number of hydrogen-bond donors (Lipinski definition) is 1. The fourth-order valence-corrected chi connectivity index (χ4v) is 2.85. The van der Waals surface area contributed by atoms with Gasteiger partial charge < -0.3 is 5.73 Å². The van der Waals surface area contributed by atoms with Gasteiger partial charge >= 0.3 is 0 Å². The maximum Gasteiger partial charge on any atom is 0.0891 e. The number of thiazole rings is 1. The molecule has 0 aliphatic carbocycles. The maximum absolute atomic E-state index is 6.04. The van der Waals surface area contributed by atoms with E-state index in [-0.39, 0.29) is 0 Å². The molecule has 0 radical (unpaired) electrons. The molecule has 0 spiro atoms. The van der Waals surface area contributed by atoms with Gasteiger partial charge in [-0.3, -0.25) is 0 Å². The van der Waals surface area contributed by atoms with Crippen LogP contribution >= 0.6 is 11.3 Å². The molecule has 84 valence electrons. The Labute approximate surface area is 104 Å². The molecule has 2 N–H and O–H groups in total. The van der Waals surface area contributed by atoms with Gasteiger partial charge in [-0.15, -0.1) is 11.3 Å². The molecule has 0 saturated carbocycles. The van der Waals surface area contributed by atoms with E-state index in [1.54, 1.807) is 11.3 Å². The molecule has 1 aromatic heterocycles. The summed E-state index contributed by atoms with van der Waals surface area (Å²) in [6, 6.07) is 12.2. The second-order valence-corrected chi connectivity index (χ2v) is 4.99. The lowest BCUT2D eigenvalue weighted by Gasteiger charge is -2.07. The number of anilines is 1. The smallest absolute Gasteiger partial charge is 0.0891 e. The van der Waals surface area contributed by atoms with Crippen molar-refractivity contribution in [2.75, 3.05) is 5.73 Å². The van der Waals surface area contributed by atoms with E-state index in [9.17, 15) is 0 Å². The van der Waals surface area contributed by atoms with Crippen molar-refractivity contribution in [3.05, 3.63) is 47.5 Å². The Morgan fingerprint density at radius 1 is 1.12 bits per heavy atom. The van der Waals surface area contributed by atoms with Crippen LogP contribution in [0.4, 0.5) is 5.69 Å². The van der Waals surface area contributed by atoms with Crippen LogP contribution in [0.1, 0.15) is 5.56 Å². The Kier molecular flexibility index (Phi) is 2.34. The van der Waals surface area contributed by atoms with Gasteiger partial charge in [0.2, 0.25) is 0 Å². The zero-order valence-electron chi connectivity index (χ0n) is 9.47. The zero-order chi connectivity index (χ0) is 11.8. The third-order valence-corrected chi connectivity index (χ3v) is 3.61. The van der Waals surface area contributed by atoms with Crippen molar-refractivity contribution in [1.29, 1.82) is 0 Å². The largest absolute Gasteiger partial charge is 0.398 e. The highest BCUT2D eigenvalue weighted by atomic mass is 32.1. The standard InChI is InChI=1S/C14H12N2S/c1-9-6-11(10-4-2-3-5-12(10)15)14-13(7-9)17-8-16-14/h2-8H,15H2,1H3. The number of fused-ring (bicyclic) bond motifs is 1. The summed E-state index contributed by atoms with van der Waals surface area (Å²) in [7, 11) is 0. The number of benzene rings is 2. The number of hydrogen-bond acceptors (Lipinski definition) is 3. The van der Waals surface area contributed by atoms with Crippen LogP contribution in [0.5, 0.6) is 0 Å². The number of para-hydroxylation sites is 1. The van der Waals surface area contributed by atoms with Crippen molar-refractivity contribution >= 4 is 27.2 Å². The predicted molar refractivity (Wildman–Crippen MR) is 74.2 cm³/mol. The van der Waals surface area contributed by atoms with E-state index in [1.165, 1.54) is 10.3 Å². The quantitative estimate of drug-likeness (QED) is 0.656. The second kappa shape index (κ2) is 3.86. The average molecular weight is 240 g/mol. The third-order valence-electron chi connectivity index (χ3n) is 2.83. The van der Waals surface area contributed by atoms with E-state index in [1.807, 2.05) is 29.8 Å². The SMILES string of the molecule is Cc1cc(-c2ccccc2N)c2ncsc2c1. The molecule has 2 aromatic carbocycles. The summed E-state index contributed by atoms with van der Waals surface area (Å²) < 4.78 is 1.21. The number of nitrogens with zero attached hydrogens (tertiary/aromatic N) is 1. The van der Waals surface area contributed by atoms with E-state index in [0.29, 0.717) is 0 Å². The maximum atomic E-state index is 6.04. The number of aryl methyl sites for hydroxylation is 1. The van der Waals surface area contributed by atoms with Crippen LogP contribution < -0.4 is 5.73 Å². The number of rotatable bonds is 1. The van der Waals surface area contributed by atoms with Gasteiger partial charge in [-0.2, -0.15) is 0 Å². The van der Waals surface area contributed by atoms with Crippen molar-refractivity contribution in [1.82, 2.24) is 4.98 Å². The summed E-state index contributed by atoms with van der Waals surface area (Å²) in [5.74, 6) is 0. The first kappa shape index (κ1) is 10.3. The van der Waals surface area contributed by atoms with Gasteiger partial charge in [-0.1, -0.05) is 18.2 Å². The molecule has 0 fully saturated rings. The lowest BCUT2D eigenvalue weighted by Crippen LogP contribution is -1.90.